The van der Waals surface area contributed by atoms with Crippen molar-refractivity contribution in [2.75, 3.05) is 0 Å². The van der Waals surface area contributed by atoms with Gasteiger partial charge in [-0.25, -0.2) is 9.78 Å². The first-order valence-corrected chi connectivity index (χ1v) is 5.67. The van der Waals surface area contributed by atoms with E-state index in [2.05, 4.69) is 9.97 Å². The summed E-state index contributed by atoms with van der Waals surface area (Å²) in [6.07, 6.45) is 3.91. The molecule has 16 heavy (non-hydrogen) atoms. The van der Waals surface area contributed by atoms with E-state index in [1.807, 2.05) is 19.1 Å². The average Bonchev–Trinajstić information content (AvgIpc) is 2.78. The maximum atomic E-state index is 10.8. The molecule has 1 N–H and O–H groups in total. The fourth-order valence-corrected chi connectivity index (χ4v) is 2.19. The molecule has 0 amide bonds. The molecule has 2 heterocycles. The maximum absolute atomic E-state index is 10.8. The highest BCUT2D eigenvalue weighted by molar-refractivity contribution is 7.16. The Kier molecular flexibility index (Phi) is 2.96. The molecule has 4 nitrogen and oxygen atoms in total. The van der Waals surface area contributed by atoms with Crippen molar-refractivity contribution < 1.29 is 9.90 Å². The van der Waals surface area contributed by atoms with Gasteiger partial charge in [0.1, 0.15) is 15.6 Å². The standard InChI is InChI=1S/C11H10N2O2S/c1-2-7-4-3-5-12-9(7)10-13-6-8(16-10)11(14)15/h3-6H,2H2,1H3,(H,14,15). The Morgan fingerprint density at radius 3 is 2.94 bits per heavy atom. The van der Waals surface area contributed by atoms with Gasteiger partial charge in [0.15, 0.2) is 0 Å². The number of rotatable bonds is 3. The lowest BCUT2D eigenvalue weighted by Crippen LogP contribution is -1.90. The molecule has 0 aliphatic carbocycles. The van der Waals surface area contributed by atoms with E-state index in [1.165, 1.54) is 6.20 Å². The van der Waals surface area contributed by atoms with Gasteiger partial charge >= 0.3 is 5.97 Å². The quantitative estimate of drug-likeness (QED) is 0.886. The first-order valence-electron chi connectivity index (χ1n) is 4.85. The lowest BCUT2D eigenvalue weighted by Gasteiger charge is -2.01. The maximum Gasteiger partial charge on any atom is 0.347 e. The number of hydrogen-bond acceptors (Lipinski definition) is 4. The van der Waals surface area contributed by atoms with E-state index in [0.29, 0.717) is 5.01 Å². The zero-order valence-corrected chi connectivity index (χ0v) is 9.49. The van der Waals surface area contributed by atoms with Crippen molar-refractivity contribution in [1.29, 1.82) is 0 Å². The number of aromatic nitrogens is 2. The molecule has 2 aromatic rings. The minimum absolute atomic E-state index is 0.239. The normalized spacial score (nSPS) is 10.3. The first-order chi connectivity index (χ1) is 7.72. The van der Waals surface area contributed by atoms with Crippen LogP contribution in [0.25, 0.3) is 10.7 Å². The Morgan fingerprint density at radius 1 is 1.50 bits per heavy atom. The van der Waals surface area contributed by atoms with Gasteiger partial charge < -0.3 is 5.11 Å². The largest absolute Gasteiger partial charge is 0.477 e. The van der Waals surface area contributed by atoms with Crippen molar-refractivity contribution in [2.45, 2.75) is 13.3 Å². The van der Waals surface area contributed by atoms with Crippen LogP contribution in [0.2, 0.25) is 0 Å². The second-order valence-corrected chi connectivity index (χ2v) is 4.23. The molecular weight excluding hydrogens is 224 g/mol. The number of carboxylic acids is 1. The second-order valence-electron chi connectivity index (χ2n) is 3.20. The zero-order valence-electron chi connectivity index (χ0n) is 8.67. The number of aryl methyl sites for hydroxylation is 1. The molecule has 0 saturated heterocycles. The summed E-state index contributed by atoms with van der Waals surface area (Å²) in [5.41, 5.74) is 1.86. The van der Waals surface area contributed by atoms with Gasteiger partial charge in [-0.15, -0.1) is 11.3 Å². The smallest absolute Gasteiger partial charge is 0.347 e. The van der Waals surface area contributed by atoms with E-state index in [-0.39, 0.29) is 4.88 Å². The number of carbonyl (C=O) groups is 1. The highest BCUT2D eigenvalue weighted by atomic mass is 32.1. The van der Waals surface area contributed by atoms with Crippen LogP contribution in [0.4, 0.5) is 0 Å². The van der Waals surface area contributed by atoms with Gasteiger partial charge in [-0.2, -0.15) is 0 Å². The van der Waals surface area contributed by atoms with E-state index in [9.17, 15) is 4.79 Å². The van der Waals surface area contributed by atoms with Gasteiger partial charge in [0.2, 0.25) is 0 Å². The summed E-state index contributed by atoms with van der Waals surface area (Å²) in [4.78, 5) is 19.3. The van der Waals surface area contributed by atoms with Crippen LogP contribution in [0.1, 0.15) is 22.2 Å². The third kappa shape index (κ3) is 1.94. The molecule has 0 aliphatic rings. The molecule has 2 rings (SSSR count). The van der Waals surface area contributed by atoms with Crippen LogP contribution in [0, 0.1) is 0 Å². The highest BCUT2D eigenvalue weighted by Gasteiger charge is 2.12. The third-order valence-electron chi connectivity index (χ3n) is 2.19. The highest BCUT2D eigenvalue weighted by Crippen LogP contribution is 2.26. The van der Waals surface area contributed by atoms with E-state index < -0.39 is 5.97 Å². The molecule has 0 atom stereocenters. The average molecular weight is 234 g/mol. The van der Waals surface area contributed by atoms with E-state index in [0.717, 1.165) is 29.0 Å². The van der Waals surface area contributed by atoms with Crippen LogP contribution >= 0.6 is 11.3 Å². The minimum atomic E-state index is -0.947. The Balaban J connectivity index is 2.46. The molecule has 0 radical (unpaired) electrons. The van der Waals surface area contributed by atoms with Crippen LogP contribution in [0.3, 0.4) is 0 Å². The number of hydrogen-bond donors (Lipinski definition) is 1. The summed E-state index contributed by atoms with van der Waals surface area (Å²) in [6.45, 7) is 2.03. The monoisotopic (exact) mass is 234 g/mol. The third-order valence-corrected chi connectivity index (χ3v) is 3.18. The van der Waals surface area contributed by atoms with Crippen LogP contribution in [0.5, 0.6) is 0 Å². The second kappa shape index (κ2) is 4.40. The van der Waals surface area contributed by atoms with Crippen LogP contribution in [-0.2, 0) is 6.42 Å². The molecule has 0 fully saturated rings. The van der Waals surface area contributed by atoms with E-state index in [1.54, 1.807) is 6.20 Å². The number of aromatic carboxylic acids is 1. The van der Waals surface area contributed by atoms with Crippen LogP contribution < -0.4 is 0 Å². The van der Waals surface area contributed by atoms with Gasteiger partial charge in [0.05, 0.1) is 6.20 Å². The topological polar surface area (TPSA) is 63.1 Å². The number of thiazole rings is 1. The Morgan fingerprint density at radius 2 is 2.31 bits per heavy atom. The molecule has 0 saturated carbocycles. The molecular formula is C11H10N2O2S. The van der Waals surface area contributed by atoms with Gasteiger partial charge in [0, 0.05) is 6.20 Å². The predicted molar refractivity (Wildman–Crippen MR) is 61.7 cm³/mol. The summed E-state index contributed by atoms with van der Waals surface area (Å²) >= 11 is 1.15. The fraction of sp³-hybridized carbons (Fsp3) is 0.182. The van der Waals surface area contributed by atoms with Crippen LogP contribution in [-0.4, -0.2) is 21.0 Å². The molecule has 0 spiro atoms. The molecule has 0 unspecified atom stereocenters. The Bertz CT molecular complexity index is 522. The van der Waals surface area contributed by atoms with Crippen molar-refractivity contribution in [2.24, 2.45) is 0 Å². The lowest BCUT2D eigenvalue weighted by atomic mass is 10.1. The van der Waals surface area contributed by atoms with Gasteiger partial charge in [-0.05, 0) is 18.1 Å². The molecule has 0 bridgehead atoms. The molecule has 2 aromatic heterocycles. The molecule has 0 aromatic carbocycles. The summed E-state index contributed by atoms with van der Waals surface area (Å²) in [5.74, 6) is -0.947. The Hall–Kier alpha value is -1.75. The van der Waals surface area contributed by atoms with Crippen molar-refractivity contribution in [3.05, 3.63) is 35.0 Å². The summed E-state index contributed by atoms with van der Waals surface area (Å²) in [6, 6.07) is 3.85. The Labute approximate surface area is 96.6 Å². The molecule has 5 heteroatoms. The number of pyridine rings is 1. The zero-order chi connectivity index (χ0) is 11.5. The summed E-state index contributed by atoms with van der Waals surface area (Å²) in [7, 11) is 0. The minimum Gasteiger partial charge on any atom is -0.477 e. The van der Waals surface area contributed by atoms with Crippen molar-refractivity contribution in [3.63, 3.8) is 0 Å². The summed E-state index contributed by atoms with van der Waals surface area (Å²) in [5, 5.41) is 9.48. The molecule has 0 aliphatic heterocycles. The first kappa shape index (κ1) is 10.8. The van der Waals surface area contributed by atoms with Gasteiger partial charge in [-0.3, -0.25) is 4.98 Å². The van der Waals surface area contributed by atoms with E-state index >= 15 is 0 Å². The van der Waals surface area contributed by atoms with Crippen LogP contribution in [0.15, 0.2) is 24.5 Å². The van der Waals surface area contributed by atoms with E-state index in [4.69, 9.17) is 5.11 Å². The fourth-order valence-electron chi connectivity index (χ4n) is 1.40. The molecule has 82 valence electrons. The lowest BCUT2D eigenvalue weighted by molar-refractivity contribution is 0.0702. The number of nitrogens with zero attached hydrogens (tertiary/aromatic N) is 2. The van der Waals surface area contributed by atoms with Crippen molar-refractivity contribution >= 4 is 17.3 Å². The van der Waals surface area contributed by atoms with Crippen molar-refractivity contribution in [1.82, 2.24) is 9.97 Å². The van der Waals surface area contributed by atoms with Gasteiger partial charge in [-0.1, -0.05) is 13.0 Å². The predicted octanol–water partition coefficient (Wildman–Crippen LogP) is 2.47. The SMILES string of the molecule is CCc1cccnc1-c1ncc(C(=O)O)s1. The van der Waals surface area contributed by atoms with Crippen molar-refractivity contribution in [3.8, 4) is 10.7 Å². The number of carboxylic acid groups (broad SMARTS) is 1. The summed E-state index contributed by atoms with van der Waals surface area (Å²) < 4.78 is 0. The van der Waals surface area contributed by atoms with Gasteiger partial charge in [0.25, 0.3) is 0 Å².